The Morgan fingerprint density at radius 1 is 1.12 bits per heavy atom. The van der Waals surface area contributed by atoms with Crippen LogP contribution in [-0.4, -0.2) is 22.8 Å². The SMILES string of the molecule is O=C(Nc1cccc2ccccc12)C1C2CC3C(OC(=O)C31)C2Br. The number of nitrogens with one attached hydrogen (secondary N) is 1. The number of halogens is 1. The molecule has 0 aromatic heterocycles. The van der Waals surface area contributed by atoms with Crippen molar-refractivity contribution in [3.05, 3.63) is 42.5 Å². The van der Waals surface area contributed by atoms with Crippen LogP contribution in [0.3, 0.4) is 0 Å². The zero-order valence-electron chi connectivity index (χ0n) is 12.8. The minimum atomic E-state index is -0.301. The summed E-state index contributed by atoms with van der Waals surface area (Å²) in [6.07, 6.45) is 0.846. The molecule has 6 unspecified atom stereocenters. The monoisotopic (exact) mass is 385 g/mol. The molecular formula is C19H16BrNO3. The Morgan fingerprint density at radius 3 is 2.79 bits per heavy atom. The average Bonchev–Trinajstić information content (AvgIpc) is 3.19. The molecule has 0 spiro atoms. The number of carbonyl (C=O) groups excluding carboxylic acids is 2. The quantitative estimate of drug-likeness (QED) is 0.636. The molecule has 6 atom stereocenters. The number of esters is 1. The van der Waals surface area contributed by atoms with Crippen molar-refractivity contribution in [1.82, 2.24) is 0 Å². The Balaban J connectivity index is 1.48. The number of anilines is 1. The minimum Gasteiger partial charge on any atom is -0.461 e. The first-order valence-corrected chi connectivity index (χ1v) is 9.20. The fourth-order valence-corrected chi connectivity index (χ4v) is 5.93. The first-order chi connectivity index (χ1) is 11.6. The smallest absolute Gasteiger partial charge is 0.310 e. The fraction of sp³-hybridized carbons (Fsp3) is 0.368. The van der Waals surface area contributed by atoms with Crippen molar-refractivity contribution in [3.63, 3.8) is 0 Å². The van der Waals surface area contributed by atoms with Crippen LogP contribution in [0.4, 0.5) is 5.69 Å². The lowest BCUT2D eigenvalue weighted by molar-refractivity contribution is -0.145. The largest absolute Gasteiger partial charge is 0.461 e. The second-order valence-electron chi connectivity index (χ2n) is 6.98. The summed E-state index contributed by atoms with van der Waals surface area (Å²) in [5.74, 6) is -0.479. The van der Waals surface area contributed by atoms with E-state index < -0.39 is 0 Å². The summed E-state index contributed by atoms with van der Waals surface area (Å²) in [5, 5.41) is 5.17. The number of carbonyl (C=O) groups is 2. The van der Waals surface area contributed by atoms with Crippen molar-refractivity contribution in [2.45, 2.75) is 17.4 Å². The summed E-state index contributed by atoms with van der Waals surface area (Å²) in [4.78, 5) is 25.3. The Bertz CT molecular complexity index is 861. The average molecular weight is 386 g/mol. The van der Waals surface area contributed by atoms with Crippen LogP contribution in [0, 0.1) is 23.7 Å². The molecule has 2 aromatic rings. The van der Waals surface area contributed by atoms with Gasteiger partial charge in [0.25, 0.3) is 0 Å². The first-order valence-electron chi connectivity index (χ1n) is 8.28. The van der Waals surface area contributed by atoms with E-state index in [-0.39, 0.29) is 46.5 Å². The van der Waals surface area contributed by atoms with Crippen LogP contribution in [0.25, 0.3) is 10.8 Å². The second kappa shape index (κ2) is 5.06. The number of benzene rings is 2. The zero-order chi connectivity index (χ0) is 16.4. The molecule has 1 amide bonds. The normalized spacial score (nSPS) is 36.1. The summed E-state index contributed by atoms with van der Waals surface area (Å²) < 4.78 is 5.49. The van der Waals surface area contributed by atoms with Crippen LogP contribution in [0.5, 0.6) is 0 Å². The number of rotatable bonds is 2. The zero-order valence-corrected chi connectivity index (χ0v) is 14.4. The molecule has 2 saturated carbocycles. The lowest BCUT2D eigenvalue weighted by Gasteiger charge is -2.27. The molecule has 3 fully saturated rings. The number of alkyl halides is 1. The third-order valence-electron chi connectivity index (χ3n) is 5.87. The number of ether oxygens (including phenoxy) is 1. The predicted molar refractivity (Wildman–Crippen MR) is 93.7 cm³/mol. The van der Waals surface area contributed by atoms with Crippen LogP contribution in [0.15, 0.2) is 42.5 Å². The molecular weight excluding hydrogens is 370 g/mol. The topological polar surface area (TPSA) is 55.4 Å². The van der Waals surface area contributed by atoms with Gasteiger partial charge in [-0.3, -0.25) is 9.59 Å². The van der Waals surface area contributed by atoms with Gasteiger partial charge in [0.2, 0.25) is 5.91 Å². The lowest BCUT2D eigenvalue weighted by Crippen LogP contribution is -2.40. The highest BCUT2D eigenvalue weighted by Gasteiger charge is 2.67. The van der Waals surface area contributed by atoms with Crippen LogP contribution < -0.4 is 5.32 Å². The van der Waals surface area contributed by atoms with E-state index in [9.17, 15) is 9.59 Å². The molecule has 1 saturated heterocycles. The molecule has 4 nitrogen and oxygen atoms in total. The molecule has 0 radical (unpaired) electrons. The van der Waals surface area contributed by atoms with E-state index in [1.165, 1.54) is 0 Å². The van der Waals surface area contributed by atoms with E-state index in [2.05, 4.69) is 21.2 Å². The summed E-state index contributed by atoms with van der Waals surface area (Å²) in [7, 11) is 0. The highest BCUT2D eigenvalue weighted by atomic mass is 79.9. The van der Waals surface area contributed by atoms with E-state index >= 15 is 0 Å². The summed E-state index contributed by atoms with van der Waals surface area (Å²) in [5.41, 5.74) is 0.801. The Kier molecular flexibility index (Phi) is 3.05. The van der Waals surface area contributed by atoms with E-state index in [1.807, 2.05) is 42.5 Å². The summed E-state index contributed by atoms with van der Waals surface area (Å²) in [6, 6.07) is 13.8. The van der Waals surface area contributed by atoms with Gasteiger partial charge < -0.3 is 10.1 Å². The van der Waals surface area contributed by atoms with Gasteiger partial charge in [-0.05, 0) is 23.8 Å². The molecule has 1 aliphatic heterocycles. The van der Waals surface area contributed by atoms with E-state index in [1.54, 1.807) is 0 Å². The maximum absolute atomic E-state index is 13.0. The number of hydrogen-bond donors (Lipinski definition) is 1. The minimum absolute atomic E-state index is 0.0471. The number of fused-ring (bicyclic) bond motifs is 2. The first kappa shape index (κ1) is 14.5. The summed E-state index contributed by atoms with van der Waals surface area (Å²) in [6.45, 7) is 0. The van der Waals surface area contributed by atoms with Gasteiger partial charge in [0.1, 0.15) is 6.10 Å². The van der Waals surface area contributed by atoms with Crippen molar-refractivity contribution >= 4 is 44.3 Å². The maximum Gasteiger partial charge on any atom is 0.310 e. The molecule has 5 rings (SSSR count). The molecule has 1 N–H and O–H groups in total. The van der Waals surface area contributed by atoms with Crippen molar-refractivity contribution < 1.29 is 14.3 Å². The number of hydrogen-bond acceptors (Lipinski definition) is 3. The van der Waals surface area contributed by atoms with Crippen molar-refractivity contribution in [2.24, 2.45) is 23.7 Å². The summed E-state index contributed by atoms with van der Waals surface area (Å²) >= 11 is 3.65. The molecule has 24 heavy (non-hydrogen) atoms. The van der Waals surface area contributed by atoms with Gasteiger partial charge in [-0.15, -0.1) is 0 Å². The van der Waals surface area contributed by atoms with Crippen LogP contribution in [-0.2, 0) is 14.3 Å². The second-order valence-corrected chi connectivity index (χ2v) is 8.03. The fourth-order valence-electron chi connectivity index (χ4n) is 4.88. The molecule has 2 bridgehead atoms. The lowest BCUT2D eigenvalue weighted by atomic mass is 9.79. The van der Waals surface area contributed by atoms with E-state index in [0.717, 1.165) is 22.9 Å². The standard InChI is InChI=1S/C19H16BrNO3/c20-16-11-8-12-15(19(23)24-17(12)16)14(11)18(22)21-13-7-3-5-9-4-1-2-6-10(9)13/h1-7,11-12,14-17H,8H2,(H,21,22). The predicted octanol–water partition coefficient (Wildman–Crippen LogP) is 3.35. The highest BCUT2D eigenvalue weighted by molar-refractivity contribution is 9.09. The Morgan fingerprint density at radius 2 is 1.92 bits per heavy atom. The van der Waals surface area contributed by atoms with Crippen LogP contribution in [0.2, 0.25) is 0 Å². The molecule has 122 valence electrons. The third kappa shape index (κ3) is 1.85. The van der Waals surface area contributed by atoms with Gasteiger partial charge in [0.15, 0.2) is 0 Å². The van der Waals surface area contributed by atoms with Gasteiger partial charge in [-0.1, -0.05) is 52.3 Å². The van der Waals surface area contributed by atoms with Gasteiger partial charge in [-0.25, -0.2) is 0 Å². The number of amides is 1. The van der Waals surface area contributed by atoms with Gasteiger partial charge in [0, 0.05) is 17.0 Å². The molecule has 1 heterocycles. The van der Waals surface area contributed by atoms with E-state index in [0.29, 0.717) is 0 Å². The van der Waals surface area contributed by atoms with Crippen molar-refractivity contribution in [1.29, 1.82) is 0 Å². The van der Waals surface area contributed by atoms with E-state index in [4.69, 9.17) is 4.74 Å². The Hall–Kier alpha value is -1.88. The van der Waals surface area contributed by atoms with Gasteiger partial charge in [-0.2, -0.15) is 0 Å². The molecule has 2 aliphatic carbocycles. The molecule has 3 aliphatic rings. The maximum atomic E-state index is 13.0. The van der Waals surface area contributed by atoms with Crippen molar-refractivity contribution in [3.8, 4) is 0 Å². The van der Waals surface area contributed by atoms with Crippen LogP contribution >= 0.6 is 15.9 Å². The van der Waals surface area contributed by atoms with Gasteiger partial charge >= 0.3 is 5.97 Å². The highest BCUT2D eigenvalue weighted by Crippen LogP contribution is 2.60. The van der Waals surface area contributed by atoms with Gasteiger partial charge in [0.05, 0.1) is 16.7 Å². The molecule has 2 aromatic carbocycles. The van der Waals surface area contributed by atoms with Crippen LogP contribution in [0.1, 0.15) is 6.42 Å². The third-order valence-corrected chi connectivity index (χ3v) is 7.07. The Labute approximate surface area is 147 Å². The molecule has 5 heteroatoms. The van der Waals surface area contributed by atoms with Crippen molar-refractivity contribution in [2.75, 3.05) is 5.32 Å².